The Bertz CT molecular complexity index is 348. The molecule has 2 aliphatic rings. The molecule has 2 rings (SSSR count). The fourth-order valence-corrected chi connectivity index (χ4v) is 3.36. The fourth-order valence-electron chi connectivity index (χ4n) is 3.36. The normalized spacial score (nSPS) is 29.3. The van der Waals surface area contributed by atoms with Gasteiger partial charge >= 0.3 is 6.09 Å². The second-order valence-corrected chi connectivity index (χ2v) is 7.67. The third-order valence-corrected chi connectivity index (χ3v) is 4.49. The van der Waals surface area contributed by atoms with Gasteiger partial charge in [-0.25, -0.2) is 4.79 Å². The Morgan fingerprint density at radius 1 is 1.18 bits per heavy atom. The average Bonchev–Trinajstić information content (AvgIpc) is 2.90. The summed E-state index contributed by atoms with van der Waals surface area (Å²) in [4.78, 5) is 11.8. The van der Waals surface area contributed by atoms with Gasteiger partial charge in [-0.2, -0.15) is 0 Å². The molecule has 1 aliphatic heterocycles. The summed E-state index contributed by atoms with van der Waals surface area (Å²) in [6.45, 7) is 9.21. The van der Waals surface area contributed by atoms with Crippen molar-refractivity contribution in [3.63, 3.8) is 0 Å². The number of carbonyl (C=O) groups is 1. The van der Waals surface area contributed by atoms with Crippen molar-refractivity contribution >= 4 is 6.09 Å². The molecule has 1 heterocycles. The molecule has 1 aliphatic carbocycles. The van der Waals surface area contributed by atoms with Crippen molar-refractivity contribution in [2.75, 3.05) is 26.3 Å². The molecule has 3 atom stereocenters. The molecular formula is C17H32N2O3. The Hall–Kier alpha value is -0.810. The van der Waals surface area contributed by atoms with Gasteiger partial charge in [0.05, 0.1) is 6.61 Å². The maximum Gasteiger partial charge on any atom is 0.407 e. The molecule has 128 valence electrons. The summed E-state index contributed by atoms with van der Waals surface area (Å²) in [5.74, 6) is 1.16. The molecule has 0 aromatic heterocycles. The second-order valence-electron chi connectivity index (χ2n) is 7.67. The van der Waals surface area contributed by atoms with Gasteiger partial charge in [0, 0.05) is 25.7 Å². The summed E-state index contributed by atoms with van der Waals surface area (Å²) in [6, 6.07) is 0.511. The van der Waals surface area contributed by atoms with Crippen LogP contribution >= 0.6 is 0 Å². The van der Waals surface area contributed by atoms with Crippen molar-refractivity contribution in [2.45, 2.75) is 64.5 Å². The zero-order valence-electron chi connectivity index (χ0n) is 14.3. The highest BCUT2D eigenvalue weighted by atomic mass is 16.6. The van der Waals surface area contributed by atoms with Crippen molar-refractivity contribution in [2.24, 2.45) is 11.8 Å². The SMILES string of the molecule is CC(C)(C)OC(=O)NCC1CCCC1NCC1CCCOC1. The van der Waals surface area contributed by atoms with Crippen LogP contribution in [-0.4, -0.2) is 44.0 Å². The fraction of sp³-hybridized carbons (Fsp3) is 0.941. The van der Waals surface area contributed by atoms with Gasteiger partial charge in [-0.05, 0) is 58.3 Å². The smallest absolute Gasteiger partial charge is 0.407 e. The van der Waals surface area contributed by atoms with E-state index in [0.29, 0.717) is 24.4 Å². The van der Waals surface area contributed by atoms with Crippen molar-refractivity contribution in [3.8, 4) is 0 Å². The van der Waals surface area contributed by atoms with E-state index in [2.05, 4.69) is 10.6 Å². The molecule has 22 heavy (non-hydrogen) atoms. The first-order valence-corrected chi connectivity index (χ1v) is 8.72. The van der Waals surface area contributed by atoms with Gasteiger partial charge in [-0.1, -0.05) is 6.42 Å². The molecule has 0 radical (unpaired) electrons. The first-order chi connectivity index (χ1) is 10.4. The molecule has 1 saturated carbocycles. The summed E-state index contributed by atoms with van der Waals surface area (Å²) in [5, 5.41) is 6.62. The molecule has 1 saturated heterocycles. The number of alkyl carbamates (subject to hydrolysis) is 1. The van der Waals surface area contributed by atoms with Crippen LogP contribution in [0.5, 0.6) is 0 Å². The number of amides is 1. The van der Waals surface area contributed by atoms with Crippen LogP contribution in [0.15, 0.2) is 0 Å². The van der Waals surface area contributed by atoms with Crippen molar-refractivity contribution in [3.05, 3.63) is 0 Å². The van der Waals surface area contributed by atoms with Crippen molar-refractivity contribution in [1.82, 2.24) is 10.6 Å². The molecule has 5 nitrogen and oxygen atoms in total. The van der Waals surface area contributed by atoms with Gasteiger partial charge in [0.15, 0.2) is 0 Å². The molecule has 5 heteroatoms. The van der Waals surface area contributed by atoms with Crippen LogP contribution in [0.25, 0.3) is 0 Å². The topological polar surface area (TPSA) is 59.6 Å². The minimum Gasteiger partial charge on any atom is -0.444 e. The quantitative estimate of drug-likeness (QED) is 0.819. The predicted molar refractivity (Wildman–Crippen MR) is 86.9 cm³/mol. The number of nitrogens with one attached hydrogen (secondary N) is 2. The summed E-state index contributed by atoms with van der Waals surface area (Å²) in [5.41, 5.74) is -0.432. The van der Waals surface area contributed by atoms with Crippen LogP contribution in [0.1, 0.15) is 52.9 Å². The van der Waals surface area contributed by atoms with Gasteiger partial charge in [0.2, 0.25) is 0 Å². The molecule has 0 spiro atoms. The van der Waals surface area contributed by atoms with Crippen LogP contribution in [0.4, 0.5) is 4.79 Å². The molecule has 0 bridgehead atoms. The van der Waals surface area contributed by atoms with E-state index in [9.17, 15) is 4.79 Å². The van der Waals surface area contributed by atoms with Gasteiger partial charge in [0.25, 0.3) is 0 Å². The average molecular weight is 312 g/mol. The van der Waals surface area contributed by atoms with E-state index in [1.807, 2.05) is 20.8 Å². The molecule has 2 N–H and O–H groups in total. The predicted octanol–water partition coefficient (Wildman–Crippen LogP) is 2.70. The first-order valence-electron chi connectivity index (χ1n) is 8.72. The van der Waals surface area contributed by atoms with Crippen LogP contribution in [-0.2, 0) is 9.47 Å². The van der Waals surface area contributed by atoms with E-state index in [1.54, 1.807) is 0 Å². The molecule has 2 fully saturated rings. The van der Waals surface area contributed by atoms with Crippen molar-refractivity contribution < 1.29 is 14.3 Å². The van der Waals surface area contributed by atoms with Gasteiger partial charge in [0.1, 0.15) is 5.60 Å². The lowest BCUT2D eigenvalue weighted by atomic mass is 9.99. The zero-order valence-corrected chi connectivity index (χ0v) is 14.3. The number of ether oxygens (including phenoxy) is 2. The zero-order chi connectivity index (χ0) is 16.0. The van der Waals surface area contributed by atoms with Gasteiger partial charge in [-0.15, -0.1) is 0 Å². The van der Waals surface area contributed by atoms with Crippen LogP contribution in [0, 0.1) is 11.8 Å². The van der Waals surface area contributed by atoms with Gasteiger partial charge in [-0.3, -0.25) is 0 Å². The first kappa shape index (κ1) is 17.5. The maximum atomic E-state index is 11.8. The third kappa shape index (κ3) is 6.13. The lowest BCUT2D eigenvalue weighted by Crippen LogP contribution is -2.43. The summed E-state index contributed by atoms with van der Waals surface area (Å²) in [7, 11) is 0. The Balaban J connectivity index is 1.67. The number of hydrogen-bond donors (Lipinski definition) is 2. The lowest BCUT2D eigenvalue weighted by Gasteiger charge is -2.27. The summed E-state index contributed by atoms with van der Waals surface area (Å²) in [6.07, 6.45) is 5.75. The Morgan fingerprint density at radius 3 is 2.68 bits per heavy atom. The number of carbonyl (C=O) groups excluding carboxylic acids is 1. The number of rotatable bonds is 5. The lowest BCUT2D eigenvalue weighted by molar-refractivity contribution is 0.0506. The Labute approximate surface area is 134 Å². The second kappa shape index (κ2) is 8.16. The maximum absolute atomic E-state index is 11.8. The standard InChI is InChI=1S/C17H32N2O3/c1-17(2,3)22-16(20)19-11-14-7-4-8-15(14)18-10-13-6-5-9-21-12-13/h13-15,18H,4-12H2,1-3H3,(H,19,20). The summed E-state index contributed by atoms with van der Waals surface area (Å²) < 4.78 is 10.8. The van der Waals surface area contributed by atoms with E-state index in [1.165, 1.54) is 32.1 Å². The molecule has 0 aromatic carbocycles. The van der Waals surface area contributed by atoms with Crippen LogP contribution < -0.4 is 10.6 Å². The molecule has 1 amide bonds. The molecular weight excluding hydrogens is 280 g/mol. The number of hydrogen-bond acceptors (Lipinski definition) is 4. The summed E-state index contributed by atoms with van der Waals surface area (Å²) >= 11 is 0. The third-order valence-electron chi connectivity index (χ3n) is 4.49. The van der Waals surface area contributed by atoms with E-state index in [4.69, 9.17) is 9.47 Å². The van der Waals surface area contributed by atoms with E-state index >= 15 is 0 Å². The monoisotopic (exact) mass is 312 g/mol. The highest BCUT2D eigenvalue weighted by Crippen LogP contribution is 2.26. The Morgan fingerprint density at radius 2 is 2.00 bits per heavy atom. The van der Waals surface area contributed by atoms with Crippen LogP contribution in [0.3, 0.4) is 0 Å². The highest BCUT2D eigenvalue weighted by Gasteiger charge is 2.28. The van der Waals surface area contributed by atoms with Crippen molar-refractivity contribution in [1.29, 1.82) is 0 Å². The highest BCUT2D eigenvalue weighted by molar-refractivity contribution is 5.67. The van der Waals surface area contributed by atoms with Crippen LogP contribution in [0.2, 0.25) is 0 Å². The Kier molecular flexibility index (Phi) is 6.50. The minimum absolute atomic E-state index is 0.307. The minimum atomic E-state index is -0.432. The van der Waals surface area contributed by atoms with E-state index in [-0.39, 0.29) is 6.09 Å². The van der Waals surface area contributed by atoms with E-state index in [0.717, 1.165) is 19.8 Å². The van der Waals surface area contributed by atoms with E-state index < -0.39 is 5.60 Å². The molecule has 3 unspecified atom stereocenters. The largest absolute Gasteiger partial charge is 0.444 e. The van der Waals surface area contributed by atoms with Gasteiger partial charge < -0.3 is 20.1 Å². The molecule has 0 aromatic rings.